The number of aromatic nitrogens is 4. The molecule has 53 heavy (non-hydrogen) atoms. The number of nitrogens with zero attached hydrogens (tertiary/aromatic N) is 4. The molecule has 4 aromatic heterocycles. The highest BCUT2D eigenvalue weighted by molar-refractivity contribution is 14.1. The number of pyridine rings is 2. The maximum atomic E-state index is 12.3. The Labute approximate surface area is 316 Å². The van der Waals surface area contributed by atoms with E-state index in [-0.39, 0.29) is 11.5 Å². The Morgan fingerprint density at radius 2 is 1.06 bits per heavy atom. The molecule has 0 aliphatic carbocycles. The summed E-state index contributed by atoms with van der Waals surface area (Å²) in [5, 5.41) is 0. The summed E-state index contributed by atoms with van der Waals surface area (Å²) in [6.07, 6.45) is -0.964. The fraction of sp³-hybridized carbons (Fsp3) is 0.150. The van der Waals surface area contributed by atoms with Crippen LogP contribution >= 0.6 is 22.6 Å². The van der Waals surface area contributed by atoms with Gasteiger partial charge in [0.15, 0.2) is 0 Å². The van der Waals surface area contributed by atoms with Crippen molar-refractivity contribution in [2.24, 2.45) is 0 Å². The van der Waals surface area contributed by atoms with Crippen molar-refractivity contribution in [1.29, 1.82) is 0 Å². The summed E-state index contributed by atoms with van der Waals surface area (Å²) in [7, 11) is 0. The Morgan fingerprint density at radius 3 is 1.43 bits per heavy atom. The van der Waals surface area contributed by atoms with Gasteiger partial charge in [-0.15, -0.1) is 32.8 Å². The minimum Gasteiger partial charge on any atom is -0.406 e. The van der Waals surface area contributed by atoms with Gasteiger partial charge in [0, 0.05) is 55.7 Å². The van der Waals surface area contributed by atoms with Gasteiger partial charge in [0.05, 0.1) is 0 Å². The number of terminal acetylenes is 1. The minimum atomic E-state index is -4.70. The predicted molar refractivity (Wildman–Crippen MR) is 199 cm³/mol. The second kappa shape index (κ2) is 17.7. The summed E-state index contributed by atoms with van der Waals surface area (Å²) < 4.78 is 85.8. The molecule has 13 heteroatoms. The molecule has 0 aliphatic rings. The van der Waals surface area contributed by atoms with Gasteiger partial charge in [-0.3, -0.25) is 0 Å². The molecule has 0 unspecified atom stereocenters. The number of hydrogen-bond acceptors (Lipinski definition) is 4. The number of benzene rings is 2. The molecule has 6 nitrogen and oxygen atoms in total. The Balaban J connectivity index is 0.000000202. The fourth-order valence-corrected chi connectivity index (χ4v) is 5.71. The number of hydrogen-bond donors (Lipinski definition) is 0. The predicted octanol–water partition coefficient (Wildman–Crippen LogP) is 10.4. The Bertz CT molecular complexity index is 2210. The van der Waals surface area contributed by atoms with Crippen LogP contribution in [0.15, 0.2) is 109 Å². The molecule has 0 spiro atoms. The van der Waals surface area contributed by atoms with E-state index in [1.165, 1.54) is 24.3 Å². The van der Waals surface area contributed by atoms with E-state index in [4.69, 9.17) is 6.42 Å². The van der Waals surface area contributed by atoms with Crippen molar-refractivity contribution in [3.8, 4) is 47.1 Å². The van der Waals surface area contributed by atoms with Crippen LogP contribution in [0, 0.1) is 55.4 Å². The van der Waals surface area contributed by atoms with E-state index in [0.29, 0.717) is 11.4 Å². The Kier molecular flexibility index (Phi) is 13.4. The van der Waals surface area contributed by atoms with Gasteiger partial charge in [0.25, 0.3) is 0 Å². The van der Waals surface area contributed by atoms with E-state index < -0.39 is 12.7 Å². The van der Waals surface area contributed by atoms with Crippen LogP contribution in [0.1, 0.15) is 39.7 Å². The van der Waals surface area contributed by atoms with Crippen LogP contribution in [0.4, 0.5) is 26.3 Å². The molecule has 6 aromatic rings. The molecule has 6 rings (SSSR count). The molecule has 0 fully saturated rings. The molecule has 4 heterocycles. The molecule has 0 atom stereocenters. The Morgan fingerprint density at radius 1 is 0.604 bits per heavy atom. The number of halogens is 7. The van der Waals surface area contributed by atoms with Crippen LogP contribution < -0.4 is 9.47 Å². The van der Waals surface area contributed by atoms with Gasteiger partial charge in [0.1, 0.15) is 22.9 Å². The zero-order valence-electron chi connectivity index (χ0n) is 28.7. The smallest absolute Gasteiger partial charge is 0.406 e. The number of aryl methyl sites for hydroxylation is 2. The lowest BCUT2D eigenvalue weighted by Crippen LogP contribution is -2.17. The average Bonchev–Trinajstić information content (AvgIpc) is 3.54. The molecule has 0 aliphatic heterocycles. The molecule has 2 aromatic carbocycles. The number of rotatable bonds is 4. The Hall–Kier alpha value is -5.67. The van der Waals surface area contributed by atoms with E-state index in [1.54, 1.807) is 42.7 Å². The van der Waals surface area contributed by atoms with E-state index in [2.05, 4.69) is 59.8 Å². The van der Waals surface area contributed by atoms with Crippen molar-refractivity contribution in [2.75, 3.05) is 0 Å². The third kappa shape index (κ3) is 11.9. The molecule has 272 valence electrons. The van der Waals surface area contributed by atoms with Crippen molar-refractivity contribution < 1.29 is 35.8 Å². The van der Waals surface area contributed by atoms with Crippen molar-refractivity contribution in [3.05, 3.63) is 153 Å². The van der Waals surface area contributed by atoms with E-state index in [0.717, 1.165) is 43.3 Å². The summed E-state index contributed by atoms with van der Waals surface area (Å²) >= 11 is 2.23. The third-order valence-corrected chi connectivity index (χ3v) is 8.35. The van der Waals surface area contributed by atoms with Crippen molar-refractivity contribution in [3.63, 3.8) is 0 Å². The van der Waals surface area contributed by atoms with Gasteiger partial charge in [-0.25, -0.2) is 9.97 Å². The quantitative estimate of drug-likeness (QED) is 0.101. The van der Waals surface area contributed by atoms with Gasteiger partial charge in [-0.1, -0.05) is 24.0 Å². The largest absolute Gasteiger partial charge is 0.573 e. The monoisotopic (exact) mass is 840 g/mol. The highest BCUT2D eigenvalue weighted by Crippen LogP contribution is 2.28. The lowest BCUT2D eigenvalue weighted by atomic mass is 10.2. The van der Waals surface area contributed by atoms with E-state index >= 15 is 0 Å². The van der Waals surface area contributed by atoms with Crippen LogP contribution in [-0.4, -0.2) is 31.8 Å². The molecule has 0 amide bonds. The van der Waals surface area contributed by atoms with Crippen LogP contribution in [0.25, 0.3) is 11.4 Å². The highest BCUT2D eigenvalue weighted by atomic mass is 127. The van der Waals surface area contributed by atoms with Gasteiger partial charge in [-0.2, -0.15) is 0 Å². The van der Waals surface area contributed by atoms with Crippen LogP contribution in [0.5, 0.6) is 11.5 Å². The van der Waals surface area contributed by atoms with Gasteiger partial charge >= 0.3 is 12.7 Å². The first-order valence-corrected chi connectivity index (χ1v) is 16.7. The number of alkyl halides is 6. The van der Waals surface area contributed by atoms with Crippen molar-refractivity contribution in [2.45, 2.75) is 40.4 Å². The SMILES string of the molecule is C#Cc1ccccn1.Cc1cc(C#Cc2ccccn2)c(C)n1-c1ccc(OC(F)(F)F)cc1.Cc1cc(I)c(C)n1-c1ccc(OC(F)(F)F)cc1. The standard InChI is InChI=1S/C20H15F3N2O.C13H11F3INO.C7H5N/c1-14-13-16(6-7-17-5-3-4-12-24-17)15(2)25(14)18-8-10-19(11-9-18)26-20(21,22)23;1-8-7-12(17)9(2)18(8)10-3-5-11(6-4-10)19-13(14,15)16;1-2-7-5-3-4-6-8-7/h3-5,8-13H,1-2H3;3-7H,1-2H3;1,3-6H. The van der Waals surface area contributed by atoms with Crippen molar-refractivity contribution >= 4 is 22.6 Å². The second-order valence-corrected chi connectivity index (χ2v) is 12.2. The second-order valence-electron chi connectivity index (χ2n) is 11.1. The summed E-state index contributed by atoms with van der Waals surface area (Å²) in [6, 6.07) is 26.6. The molecule has 0 N–H and O–H groups in total. The van der Waals surface area contributed by atoms with Gasteiger partial charge in [-0.05, 0) is 141 Å². The molecular formula is C40H31F6IN4O2. The first-order chi connectivity index (χ1) is 25.0. The van der Waals surface area contributed by atoms with Gasteiger partial charge in [0.2, 0.25) is 0 Å². The summed E-state index contributed by atoms with van der Waals surface area (Å²) in [6.45, 7) is 7.75. The average molecular weight is 841 g/mol. The summed E-state index contributed by atoms with van der Waals surface area (Å²) in [5.41, 5.74) is 7.66. The molecular weight excluding hydrogens is 809 g/mol. The lowest BCUT2D eigenvalue weighted by molar-refractivity contribution is -0.275. The fourth-order valence-electron chi connectivity index (χ4n) is 5.02. The molecule has 0 radical (unpaired) electrons. The van der Waals surface area contributed by atoms with Crippen LogP contribution in [0.3, 0.4) is 0 Å². The topological polar surface area (TPSA) is 54.1 Å². The zero-order chi connectivity index (χ0) is 38.8. The maximum Gasteiger partial charge on any atom is 0.573 e. The van der Waals surface area contributed by atoms with Crippen LogP contribution in [0.2, 0.25) is 0 Å². The van der Waals surface area contributed by atoms with Crippen LogP contribution in [-0.2, 0) is 0 Å². The third-order valence-electron chi connectivity index (χ3n) is 7.26. The first-order valence-electron chi connectivity index (χ1n) is 15.6. The van der Waals surface area contributed by atoms with E-state index in [1.807, 2.05) is 79.3 Å². The first kappa shape index (κ1) is 40.1. The number of ether oxygens (including phenoxy) is 2. The normalized spacial score (nSPS) is 10.8. The molecule has 0 bridgehead atoms. The maximum absolute atomic E-state index is 12.3. The van der Waals surface area contributed by atoms with Gasteiger partial charge < -0.3 is 18.6 Å². The molecule has 0 saturated carbocycles. The zero-order valence-corrected chi connectivity index (χ0v) is 30.9. The lowest BCUT2D eigenvalue weighted by Gasteiger charge is -2.12. The highest BCUT2D eigenvalue weighted by Gasteiger charge is 2.31. The summed E-state index contributed by atoms with van der Waals surface area (Å²) in [4.78, 5) is 8.02. The summed E-state index contributed by atoms with van der Waals surface area (Å²) in [5.74, 6) is 8.06. The van der Waals surface area contributed by atoms with Crippen molar-refractivity contribution in [1.82, 2.24) is 19.1 Å². The minimum absolute atomic E-state index is 0.214. The molecule has 0 saturated heterocycles. The van der Waals surface area contributed by atoms with E-state index in [9.17, 15) is 26.3 Å².